The molecule has 0 fully saturated rings. The molecule has 0 saturated heterocycles. The lowest BCUT2D eigenvalue weighted by Gasteiger charge is -2.07. The molecule has 0 aliphatic carbocycles. The molecule has 1 aromatic heterocycles. The van der Waals surface area contributed by atoms with Crippen molar-refractivity contribution in [1.29, 1.82) is 0 Å². The predicted octanol–water partition coefficient (Wildman–Crippen LogP) is 4.47. The van der Waals surface area contributed by atoms with Crippen LogP contribution in [0.2, 0.25) is 0 Å². The number of nitrogens with zero attached hydrogens (tertiary/aromatic N) is 1. The largest absolute Gasteiger partial charge is 0.372 e. The zero-order valence-corrected chi connectivity index (χ0v) is 12.9. The fourth-order valence-electron chi connectivity index (χ4n) is 2.32. The molecule has 3 nitrogen and oxygen atoms in total. The average Bonchev–Trinajstić information content (AvgIpc) is 2.54. The second-order valence-electron chi connectivity index (χ2n) is 5.12. The zero-order valence-electron chi connectivity index (χ0n) is 12.1. The van der Waals surface area contributed by atoms with Crippen molar-refractivity contribution in [1.82, 2.24) is 4.98 Å². The minimum atomic E-state index is -0.911. The summed E-state index contributed by atoms with van der Waals surface area (Å²) in [7, 11) is 0. The zero-order chi connectivity index (χ0) is 16.2. The molecule has 0 bridgehead atoms. The van der Waals surface area contributed by atoms with E-state index < -0.39 is 11.1 Å². The number of hydrogen-bond acceptors (Lipinski definition) is 3. The van der Waals surface area contributed by atoms with E-state index in [0.29, 0.717) is 12.2 Å². The summed E-state index contributed by atoms with van der Waals surface area (Å²) in [5.41, 5.74) is 1.21. The lowest BCUT2D eigenvalue weighted by molar-refractivity contribution is 0.105. The Morgan fingerprint density at radius 3 is 2.52 bits per heavy atom. The number of hydrogen-bond donors (Lipinski definition) is 0. The molecule has 3 rings (SSSR count). The summed E-state index contributed by atoms with van der Waals surface area (Å²) >= 11 is 5.22. The molecule has 23 heavy (non-hydrogen) atoms. The highest BCUT2D eigenvalue weighted by molar-refractivity contribution is 6.67. The van der Waals surface area contributed by atoms with E-state index in [1.165, 1.54) is 17.6 Å². The lowest BCUT2D eigenvalue weighted by atomic mass is 10.1. The number of benzene rings is 2. The molecule has 0 aliphatic heterocycles. The third-order valence-electron chi connectivity index (χ3n) is 3.44. The van der Waals surface area contributed by atoms with Crippen molar-refractivity contribution >= 4 is 27.6 Å². The van der Waals surface area contributed by atoms with Crippen molar-refractivity contribution in [2.24, 2.45) is 0 Å². The van der Waals surface area contributed by atoms with E-state index in [2.05, 4.69) is 11.1 Å². The van der Waals surface area contributed by atoms with Gasteiger partial charge in [0.2, 0.25) is 0 Å². The third kappa shape index (κ3) is 3.73. The topological polar surface area (TPSA) is 39.2 Å². The Labute approximate surface area is 137 Å². The molecule has 0 saturated carbocycles. The van der Waals surface area contributed by atoms with Crippen molar-refractivity contribution in [2.45, 2.75) is 13.2 Å². The van der Waals surface area contributed by atoms with Crippen molar-refractivity contribution in [2.75, 3.05) is 0 Å². The highest BCUT2D eigenvalue weighted by atomic mass is 35.5. The van der Waals surface area contributed by atoms with Gasteiger partial charge >= 0.3 is 0 Å². The normalized spacial score (nSPS) is 10.9. The quantitative estimate of drug-likeness (QED) is 0.648. The number of carbonyl (C=O) groups is 1. The minimum absolute atomic E-state index is 0.202. The maximum absolute atomic E-state index is 13.6. The van der Waals surface area contributed by atoms with Gasteiger partial charge in [0.25, 0.3) is 5.24 Å². The summed E-state index contributed by atoms with van der Waals surface area (Å²) in [6.07, 6.45) is 1.39. The van der Waals surface area contributed by atoms with Crippen LogP contribution in [0.5, 0.6) is 0 Å². The number of ether oxygens (including phenoxy) is 1. The van der Waals surface area contributed by atoms with E-state index in [4.69, 9.17) is 16.3 Å². The summed E-state index contributed by atoms with van der Waals surface area (Å²) in [4.78, 5) is 14.6. The van der Waals surface area contributed by atoms with E-state index in [1.54, 1.807) is 0 Å². The average molecular weight is 330 g/mol. The molecule has 116 valence electrons. The van der Waals surface area contributed by atoms with Gasteiger partial charge in [0.1, 0.15) is 0 Å². The van der Waals surface area contributed by atoms with Crippen molar-refractivity contribution in [3.63, 3.8) is 0 Å². The maximum atomic E-state index is 13.6. The van der Waals surface area contributed by atoms with Gasteiger partial charge in [-0.05, 0) is 45.6 Å². The molecule has 2 aromatic carbocycles. The van der Waals surface area contributed by atoms with Crippen LogP contribution in [0.1, 0.15) is 21.6 Å². The van der Waals surface area contributed by atoms with Gasteiger partial charge in [0.15, 0.2) is 11.5 Å². The summed E-state index contributed by atoms with van der Waals surface area (Å²) in [6, 6.07) is 15.4. The Morgan fingerprint density at radius 1 is 1.04 bits per heavy atom. The number of halogens is 2. The Bertz CT molecular complexity index is 867. The van der Waals surface area contributed by atoms with E-state index >= 15 is 0 Å². The number of rotatable bonds is 5. The number of aromatic nitrogens is 1. The molecule has 3 aromatic rings. The van der Waals surface area contributed by atoms with Gasteiger partial charge < -0.3 is 4.74 Å². The lowest BCUT2D eigenvalue weighted by Crippen LogP contribution is -2.02. The number of pyridine rings is 1. The standard InChI is InChI=1S/C18H13ClFNO2/c19-18(22)17-16(20)8-13(9-21-17)11-23-10-12-5-6-14-3-1-2-4-15(14)7-12/h1-9H,10-11H2. The first kappa shape index (κ1) is 15.6. The molecule has 0 aliphatic rings. The van der Waals surface area contributed by atoms with Crippen LogP contribution >= 0.6 is 11.6 Å². The molecule has 0 radical (unpaired) electrons. The Morgan fingerprint density at radius 2 is 1.78 bits per heavy atom. The van der Waals surface area contributed by atoms with Gasteiger partial charge in [-0.15, -0.1) is 0 Å². The molecular weight excluding hydrogens is 317 g/mol. The van der Waals surface area contributed by atoms with Crippen LogP contribution in [0.3, 0.4) is 0 Å². The Balaban J connectivity index is 1.64. The first-order valence-corrected chi connectivity index (χ1v) is 7.41. The molecule has 0 amide bonds. The van der Waals surface area contributed by atoms with E-state index in [0.717, 1.165) is 10.9 Å². The van der Waals surface area contributed by atoms with E-state index in [1.807, 2.05) is 36.4 Å². The summed E-state index contributed by atoms with van der Waals surface area (Å²) in [5.74, 6) is -0.739. The monoisotopic (exact) mass is 329 g/mol. The first-order chi connectivity index (χ1) is 11.1. The van der Waals surface area contributed by atoms with Crippen LogP contribution in [0, 0.1) is 5.82 Å². The summed E-state index contributed by atoms with van der Waals surface area (Å²) < 4.78 is 19.2. The molecular formula is C18H13ClFNO2. The van der Waals surface area contributed by atoms with Crippen LogP contribution in [-0.4, -0.2) is 10.2 Å². The second-order valence-corrected chi connectivity index (χ2v) is 5.47. The van der Waals surface area contributed by atoms with Gasteiger partial charge in [-0.1, -0.05) is 36.4 Å². The molecule has 0 N–H and O–H groups in total. The maximum Gasteiger partial charge on any atom is 0.273 e. The van der Waals surface area contributed by atoms with Crippen molar-refractivity contribution in [3.05, 3.63) is 77.4 Å². The van der Waals surface area contributed by atoms with Crippen LogP contribution < -0.4 is 0 Å². The van der Waals surface area contributed by atoms with Crippen LogP contribution in [0.15, 0.2) is 54.7 Å². The number of carbonyl (C=O) groups excluding carboxylic acids is 1. The Kier molecular flexibility index (Phi) is 4.65. The third-order valence-corrected chi connectivity index (χ3v) is 3.61. The van der Waals surface area contributed by atoms with Crippen LogP contribution in [0.4, 0.5) is 4.39 Å². The van der Waals surface area contributed by atoms with Crippen molar-refractivity contribution < 1.29 is 13.9 Å². The smallest absolute Gasteiger partial charge is 0.273 e. The molecule has 1 heterocycles. The highest BCUT2D eigenvalue weighted by Crippen LogP contribution is 2.17. The highest BCUT2D eigenvalue weighted by Gasteiger charge is 2.11. The minimum Gasteiger partial charge on any atom is -0.372 e. The number of fused-ring (bicyclic) bond motifs is 1. The van der Waals surface area contributed by atoms with Gasteiger partial charge in [-0.25, -0.2) is 9.37 Å². The molecule has 0 unspecified atom stereocenters. The SMILES string of the molecule is O=C(Cl)c1ncc(COCc2ccc3ccccc3c2)cc1F. The van der Waals surface area contributed by atoms with Gasteiger partial charge in [0.05, 0.1) is 13.2 Å². The van der Waals surface area contributed by atoms with Gasteiger partial charge in [0, 0.05) is 6.20 Å². The predicted molar refractivity (Wildman–Crippen MR) is 86.8 cm³/mol. The van der Waals surface area contributed by atoms with E-state index in [-0.39, 0.29) is 12.3 Å². The summed E-state index contributed by atoms with van der Waals surface area (Å²) in [5, 5.41) is 1.40. The first-order valence-electron chi connectivity index (χ1n) is 7.03. The summed E-state index contributed by atoms with van der Waals surface area (Å²) in [6.45, 7) is 0.607. The Hall–Kier alpha value is -2.30. The molecule has 0 spiro atoms. The van der Waals surface area contributed by atoms with Gasteiger partial charge in [-0.2, -0.15) is 0 Å². The fourth-order valence-corrected chi connectivity index (χ4v) is 2.46. The van der Waals surface area contributed by atoms with Gasteiger partial charge in [-0.3, -0.25) is 4.79 Å². The second kappa shape index (κ2) is 6.86. The molecule has 5 heteroatoms. The van der Waals surface area contributed by atoms with Crippen molar-refractivity contribution in [3.8, 4) is 0 Å². The van der Waals surface area contributed by atoms with E-state index in [9.17, 15) is 9.18 Å². The fraction of sp³-hybridized carbons (Fsp3) is 0.111. The molecule has 0 atom stereocenters. The van der Waals surface area contributed by atoms with Crippen LogP contribution in [0.25, 0.3) is 10.8 Å². The van der Waals surface area contributed by atoms with Crippen LogP contribution in [-0.2, 0) is 18.0 Å².